The van der Waals surface area contributed by atoms with Crippen molar-refractivity contribution in [2.75, 3.05) is 13.1 Å². The molecule has 0 fully saturated rings. The van der Waals surface area contributed by atoms with Crippen LogP contribution < -0.4 is 11.1 Å². The molecule has 0 aliphatic heterocycles. The summed E-state index contributed by atoms with van der Waals surface area (Å²) in [4.78, 5) is 23.6. The van der Waals surface area contributed by atoms with Crippen molar-refractivity contribution < 1.29 is 14.0 Å². The summed E-state index contributed by atoms with van der Waals surface area (Å²) in [6, 6.07) is 5.39. The second-order valence-electron chi connectivity index (χ2n) is 3.96. The molecule has 1 rings (SSSR count). The number of rotatable bonds is 6. The Morgan fingerprint density at radius 2 is 2.11 bits per heavy atom. The molecule has 0 aliphatic carbocycles. The minimum Gasteiger partial charge on any atom is -0.351 e. The van der Waals surface area contributed by atoms with Gasteiger partial charge in [-0.25, -0.2) is 9.18 Å². The quantitative estimate of drug-likeness (QED) is 0.754. The third-order valence-corrected chi connectivity index (χ3v) is 2.37. The highest BCUT2D eigenvalue weighted by atomic mass is 19.1. The minimum absolute atomic E-state index is 0.0662. The van der Waals surface area contributed by atoms with Crippen LogP contribution in [0.25, 0.3) is 0 Å². The third-order valence-electron chi connectivity index (χ3n) is 2.37. The number of amides is 3. The van der Waals surface area contributed by atoms with E-state index in [0.717, 1.165) is 0 Å². The van der Waals surface area contributed by atoms with E-state index in [0.29, 0.717) is 12.1 Å². The van der Waals surface area contributed by atoms with Crippen molar-refractivity contribution in [3.63, 3.8) is 0 Å². The summed E-state index contributed by atoms with van der Waals surface area (Å²) in [5.41, 5.74) is 5.32. The van der Waals surface area contributed by atoms with Crippen molar-refractivity contribution in [2.45, 2.75) is 6.54 Å². The lowest BCUT2D eigenvalue weighted by molar-refractivity contribution is -0.121. The highest BCUT2D eigenvalue weighted by Crippen LogP contribution is 2.09. The summed E-state index contributed by atoms with van der Waals surface area (Å²) in [6.07, 6.45) is 1.60. The SMILES string of the molecule is C=CCN(CC(=O)NC(N)=O)Cc1ccccc1F. The van der Waals surface area contributed by atoms with Gasteiger partial charge in [0, 0.05) is 18.7 Å². The molecular weight excluding hydrogens is 249 g/mol. The van der Waals surface area contributed by atoms with E-state index in [-0.39, 0.29) is 18.9 Å². The Morgan fingerprint density at radius 3 is 2.68 bits per heavy atom. The summed E-state index contributed by atoms with van der Waals surface area (Å²) in [6.45, 7) is 4.14. The normalized spacial score (nSPS) is 10.2. The van der Waals surface area contributed by atoms with Crippen LogP contribution in [-0.4, -0.2) is 29.9 Å². The highest BCUT2D eigenvalue weighted by Gasteiger charge is 2.13. The van der Waals surface area contributed by atoms with Crippen LogP contribution >= 0.6 is 0 Å². The Morgan fingerprint density at radius 1 is 1.42 bits per heavy atom. The molecule has 0 aliphatic rings. The number of urea groups is 1. The van der Waals surface area contributed by atoms with Gasteiger partial charge in [-0.1, -0.05) is 24.3 Å². The molecular formula is C13H16FN3O2. The van der Waals surface area contributed by atoms with Gasteiger partial charge in [0.05, 0.1) is 6.54 Å². The minimum atomic E-state index is -0.908. The number of benzene rings is 1. The molecule has 3 amide bonds. The van der Waals surface area contributed by atoms with Gasteiger partial charge < -0.3 is 5.73 Å². The van der Waals surface area contributed by atoms with E-state index in [2.05, 4.69) is 6.58 Å². The van der Waals surface area contributed by atoms with E-state index in [9.17, 15) is 14.0 Å². The number of hydrogen-bond acceptors (Lipinski definition) is 3. The van der Waals surface area contributed by atoms with Gasteiger partial charge in [0.2, 0.25) is 5.91 Å². The van der Waals surface area contributed by atoms with Gasteiger partial charge in [-0.2, -0.15) is 0 Å². The van der Waals surface area contributed by atoms with Gasteiger partial charge in [0.25, 0.3) is 0 Å². The zero-order chi connectivity index (χ0) is 14.3. The van der Waals surface area contributed by atoms with Crippen molar-refractivity contribution in [1.29, 1.82) is 0 Å². The van der Waals surface area contributed by atoms with Crippen LogP contribution in [0.4, 0.5) is 9.18 Å². The number of nitrogens with two attached hydrogens (primary N) is 1. The first kappa shape index (κ1) is 14.8. The summed E-state index contributed by atoms with van der Waals surface area (Å²) in [7, 11) is 0. The average molecular weight is 265 g/mol. The Balaban J connectivity index is 2.67. The molecule has 0 aromatic heterocycles. The standard InChI is InChI=1S/C13H16FN3O2/c1-2-7-17(9-12(18)16-13(15)19)8-10-5-3-4-6-11(10)14/h2-6H,1,7-9H2,(H3,15,16,18,19). The molecule has 0 spiro atoms. The predicted molar refractivity (Wildman–Crippen MR) is 69.6 cm³/mol. The van der Waals surface area contributed by atoms with Gasteiger partial charge in [0.1, 0.15) is 5.82 Å². The van der Waals surface area contributed by atoms with Crippen LogP contribution in [0.2, 0.25) is 0 Å². The lowest BCUT2D eigenvalue weighted by atomic mass is 10.2. The number of imide groups is 1. The molecule has 6 heteroatoms. The van der Waals surface area contributed by atoms with Crippen LogP contribution in [-0.2, 0) is 11.3 Å². The lowest BCUT2D eigenvalue weighted by Crippen LogP contribution is -2.42. The molecule has 0 saturated carbocycles. The summed E-state index contributed by atoms with van der Waals surface area (Å²) < 4.78 is 13.5. The fourth-order valence-electron chi connectivity index (χ4n) is 1.62. The van der Waals surface area contributed by atoms with Crippen molar-refractivity contribution in [3.8, 4) is 0 Å². The molecule has 0 unspecified atom stereocenters. The van der Waals surface area contributed by atoms with E-state index < -0.39 is 11.9 Å². The number of nitrogens with one attached hydrogen (secondary N) is 1. The van der Waals surface area contributed by atoms with Crippen LogP contribution in [0, 0.1) is 5.82 Å². The Kier molecular flexibility index (Phi) is 5.69. The second kappa shape index (κ2) is 7.27. The van der Waals surface area contributed by atoms with Gasteiger partial charge >= 0.3 is 6.03 Å². The zero-order valence-electron chi connectivity index (χ0n) is 10.4. The van der Waals surface area contributed by atoms with Crippen molar-refractivity contribution >= 4 is 11.9 Å². The third kappa shape index (κ3) is 5.31. The molecule has 0 atom stereocenters. The van der Waals surface area contributed by atoms with Gasteiger partial charge in [-0.05, 0) is 6.07 Å². The van der Waals surface area contributed by atoms with Crippen molar-refractivity contribution in [3.05, 3.63) is 48.3 Å². The maximum absolute atomic E-state index is 13.5. The topological polar surface area (TPSA) is 75.4 Å². The van der Waals surface area contributed by atoms with E-state index in [4.69, 9.17) is 5.73 Å². The molecule has 0 heterocycles. The highest BCUT2D eigenvalue weighted by molar-refractivity contribution is 5.94. The van der Waals surface area contributed by atoms with E-state index in [1.165, 1.54) is 6.07 Å². The first-order valence-electron chi connectivity index (χ1n) is 5.69. The molecule has 0 bridgehead atoms. The van der Waals surface area contributed by atoms with Gasteiger partial charge in [0.15, 0.2) is 0 Å². The zero-order valence-corrected chi connectivity index (χ0v) is 10.4. The number of nitrogens with zero attached hydrogens (tertiary/aromatic N) is 1. The van der Waals surface area contributed by atoms with Crippen LogP contribution in [0.15, 0.2) is 36.9 Å². The summed E-state index contributed by atoms with van der Waals surface area (Å²) in [5, 5.41) is 1.96. The predicted octanol–water partition coefficient (Wildman–Crippen LogP) is 1.01. The van der Waals surface area contributed by atoms with Gasteiger partial charge in [-0.15, -0.1) is 6.58 Å². The molecule has 102 valence electrons. The number of carbonyl (C=O) groups excluding carboxylic acids is 2. The van der Waals surface area contributed by atoms with E-state index >= 15 is 0 Å². The number of carbonyl (C=O) groups is 2. The fraction of sp³-hybridized carbons (Fsp3) is 0.231. The summed E-state index contributed by atoms with van der Waals surface area (Å²) in [5.74, 6) is -0.877. The molecule has 5 nitrogen and oxygen atoms in total. The van der Waals surface area contributed by atoms with Crippen molar-refractivity contribution in [2.24, 2.45) is 5.73 Å². The monoisotopic (exact) mass is 265 g/mol. The molecule has 0 saturated heterocycles. The Labute approximate surface area is 110 Å². The maximum Gasteiger partial charge on any atom is 0.318 e. The first-order valence-corrected chi connectivity index (χ1v) is 5.69. The Bertz CT molecular complexity index is 477. The molecule has 1 aromatic carbocycles. The lowest BCUT2D eigenvalue weighted by Gasteiger charge is -2.20. The number of hydrogen-bond donors (Lipinski definition) is 2. The van der Waals surface area contributed by atoms with E-state index in [1.54, 1.807) is 29.2 Å². The Hall–Kier alpha value is -2.21. The molecule has 19 heavy (non-hydrogen) atoms. The fourth-order valence-corrected chi connectivity index (χ4v) is 1.62. The number of halogens is 1. The molecule has 3 N–H and O–H groups in total. The van der Waals surface area contributed by atoms with E-state index in [1.807, 2.05) is 5.32 Å². The largest absolute Gasteiger partial charge is 0.351 e. The van der Waals surface area contributed by atoms with Gasteiger partial charge in [-0.3, -0.25) is 15.0 Å². The van der Waals surface area contributed by atoms with Crippen molar-refractivity contribution in [1.82, 2.24) is 10.2 Å². The second-order valence-corrected chi connectivity index (χ2v) is 3.96. The van der Waals surface area contributed by atoms with Crippen LogP contribution in [0.3, 0.4) is 0 Å². The average Bonchev–Trinajstić information content (AvgIpc) is 2.31. The maximum atomic E-state index is 13.5. The summed E-state index contributed by atoms with van der Waals surface area (Å²) >= 11 is 0. The van der Waals surface area contributed by atoms with Crippen LogP contribution in [0.1, 0.15) is 5.56 Å². The molecule has 0 radical (unpaired) electrons. The smallest absolute Gasteiger partial charge is 0.318 e. The first-order chi connectivity index (χ1) is 9.02. The van der Waals surface area contributed by atoms with Crippen LogP contribution in [0.5, 0.6) is 0 Å². The molecule has 1 aromatic rings. The number of primary amides is 1.